The summed E-state index contributed by atoms with van der Waals surface area (Å²) in [6, 6.07) is 6.33. The number of rotatable bonds is 5. The lowest BCUT2D eigenvalue weighted by Gasteiger charge is -2.15. The van der Waals surface area contributed by atoms with Gasteiger partial charge in [-0.3, -0.25) is 4.79 Å². The van der Waals surface area contributed by atoms with Gasteiger partial charge in [0.1, 0.15) is 0 Å². The molecule has 1 atom stereocenters. The standard InChI is InChI=1S/C14H19NO3/c1-4-12(16)15-13(14(17)18)11-7-5-10(6-8-11)9(2)3/h5-9,13H,4H2,1-3H3,(H,15,16)(H,17,18). The van der Waals surface area contributed by atoms with Gasteiger partial charge in [-0.15, -0.1) is 0 Å². The molecule has 1 aromatic rings. The average Bonchev–Trinajstić information content (AvgIpc) is 2.35. The van der Waals surface area contributed by atoms with Crippen LogP contribution in [0.2, 0.25) is 0 Å². The molecule has 0 aliphatic heterocycles. The Labute approximate surface area is 107 Å². The molecule has 98 valence electrons. The molecule has 0 bridgehead atoms. The summed E-state index contributed by atoms with van der Waals surface area (Å²) in [7, 11) is 0. The number of carboxylic acid groups (broad SMARTS) is 1. The highest BCUT2D eigenvalue weighted by molar-refractivity contribution is 5.84. The highest BCUT2D eigenvalue weighted by Crippen LogP contribution is 2.19. The van der Waals surface area contributed by atoms with Crippen LogP contribution in [0.15, 0.2) is 24.3 Å². The molecule has 0 fully saturated rings. The van der Waals surface area contributed by atoms with Crippen molar-refractivity contribution in [3.8, 4) is 0 Å². The number of aliphatic carboxylic acids is 1. The summed E-state index contributed by atoms with van der Waals surface area (Å²) in [4.78, 5) is 22.5. The monoisotopic (exact) mass is 249 g/mol. The molecule has 4 nitrogen and oxygen atoms in total. The van der Waals surface area contributed by atoms with Gasteiger partial charge in [0.15, 0.2) is 6.04 Å². The maximum absolute atomic E-state index is 11.3. The zero-order valence-corrected chi connectivity index (χ0v) is 10.9. The molecule has 1 amide bonds. The van der Waals surface area contributed by atoms with Crippen LogP contribution in [0, 0.1) is 0 Å². The van der Waals surface area contributed by atoms with Crippen molar-refractivity contribution in [2.24, 2.45) is 0 Å². The molecule has 2 N–H and O–H groups in total. The number of carboxylic acids is 1. The van der Waals surface area contributed by atoms with E-state index in [1.807, 2.05) is 12.1 Å². The molecule has 0 saturated carbocycles. The number of carbonyl (C=O) groups is 2. The molecule has 1 rings (SSSR count). The van der Waals surface area contributed by atoms with Gasteiger partial charge in [0.2, 0.25) is 5.91 Å². The minimum Gasteiger partial charge on any atom is -0.479 e. The lowest BCUT2D eigenvalue weighted by atomic mass is 9.99. The molecule has 0 aromatic heterocycles. The molecule has 0 heterocycles. The summed E-state index contributed by atoms with van der Waals surface area (Å²) in [6.45, 7) is 5.83. The van der Waals surface area contributed by atoms with Crippen LogP contribution in [0.1, 0.15) is 50.3 Å². The van der Waals surface area contributed by atoms with Crippen molar-refractivity contribution in [3.63, 3.8) is 0 Å². The van der Waals surface area contributed by atoms with Gasteiger partial charge in [0, 0.05) is 6.42 Å². The summed E-state index contributed by atoms with van der Waals surface area (Å²) in [6.07, 6.45) is 0.272. The predicted octanol–water partition coefficient (Wildman–Crippen LogP) is 2.46. The Kier molecular flexibility index (Phi) is 4.89. The van der Waals surface area contributed by atoms with E-state index in [4.69, 9.17) is 5.11 Å². The molecular weight excluding hydrogens is 230 g/mol. The summed E-state index contributed by atoms with van der Waals surface area (Å²) >= 11 is 0. The van der Waals surface area contributed by atoms with Crippen LogP contribution in [0.4, 0.5) is 0 Å². The molecule has 0 saturated heterocycles. The molecule has 0 aliphatic rings. The Hall–Kier alpha value is -1.84. The van der Waals surface area contributed by atoms with Crippen LogP contribution in [-0.4, -0.2) is 17.0 Å². The van der Waals surface area contributed by atoms with Crippen LogP contribution in [0.5, 0.6) is 0 Å². The first kappa shape index (κ1) is 14.2. The smallest absolute Gasteiger partial charge is 0.330 e. The third-order valence-electron chi connectivity index (χ3n) is 2.81. The van der Waals surface area contributed by atoms with Crippen LogP contribution < -0.4 is 5.32 Å². The van der Waals surface area contributed by atoms with E-state index in [-0.39, 0.29) is 12.3 Å². The Morgan fingerprint density at radius 1 is 1.17 bits per heavy atom. The number of amides is 1. The van der Waals surface area contributed by atoms with Gasteiger partial charge in [-0.25, -0.2) is 4.79 Å². The van der Waals surface area contributed by atoms with Crippen molar-refractivity contribution in [2.45, 2.75) is 39.2 Å². The van der Waals surface area contributed by atoms with Gasteiger partial charge < -0.3 is 10.4 Å². The second-order valence-corrected chi connectivity index (χ2v) is 4.51. The summed E-state index contributed by atoms with van der Waals surface area (Å²) in [5, 5.41) is 11.6. The van der Waals surface area contributed by atoms with Crippen molar-refractivity contribution in [2.75, 3.05) is 0 Å². The number of hydrogen-bond donors (Lipinski definition) is 2. The maximum atomic E-state index is 11.3. The van der Waals surface area contributed by atoms with Crippen LogP contribution in [0.3, 0.4) is 0 Å². The minimum absolute atomic E-state index is 0.268. The molecule has 1 unspecified atom stereocenters. The lowest BCUT2D eigenvalue weighted by Crippen LogP contribution is -2.33. The number of nitrogens with one attached hydrogen (secondary N) is 1. The van der Waals surface area contributed by atoms with E-state index < -0.39 is 12.0 Å². The fraction of sp³-hybridized carbons (Fsp3) is 0.429. The second-order valence-electron chi connectivity index (χ2n) is 4.51. The molecule has 0 radical (unpaired) electrons. The Balaban J connectivity index is 2.92. The van der Waals surface area contributed by atoms with Gasteiger partial charge in [0.25, 0.3) is 0 Å². The van der Waals surface area contributed by atoms with Gasteiger partial charge in [-0.05, 0) is 17.0 Å². The van der Waals surface area contributed by atoms with E-state index >= 15 is 0 Å². The Bertz CT molecular complexity index is 423. The zero-order chi connectivity index (χ0) is 13.7. The van der Waals surface area contributed by atoms with Gasteiger partial charge in [-0.1, -0.05) is 45.0 Å². The number of carbonyl (C=O) groups excluding carboxylic acids is 1. The molecule has 0 aliphatic carbocycles. The van der Waals surface area contributed by atoms with Crippen molar-refractivity contribution in [1.82, 2.24) is 5.32 Å². The number of benzene rings is 1. The fourth-order valence-corrected chi connectivity index (χ4v) is 1.62. The molecular formula is C14H19NO3. The third kappa shape index (κ3) is 3.58. The highest BCUT2D eigenvalue weighted by Gasteiger charge is 2.21. The summed E-state index contributed by atoms with van der Waals surface area (Å²) in [5.41, 5.74) is 1.73. The maximum Gasteiger partial charge on any atom is 0.330 e. The van der Waals surface area contributed by atoms with Gasteiger partial charge in [-0.2, -0.15) is 0 Å². The quantitative estimate of drug-likeness (QED) is 0.842. The van der Waals surface area contributed by atoms with Gasteiger partial charge >= 0.3 is 5.97 Å². The zero-order valence-electron chi connectivity index (χ0n) is 10.9. The van der Waals surface area contributed by atoms with Crippen molar-refractivity contribution < 1.29 is 14.7 Å². The van der Waals surface area contributed by atoms with E-state index in [1.165, 1.54) is 0 Å². The number of hydrogen-bond acceptors (Lipinski definition) is 2. The molecule has 1 aromatic carbocycles. The van der Waals surface area contributed by atoms with E-state index in [1.54, 1.807) is 19.1 Å². The van der Waals surface area contributed by atoms with Crippen molar-refractivity contribution >= 4 is 11.9 Å². The first-order valence-corrected chi connectivity index (χ1v) is 6.07. The first-order valence-electron chi connectivity index (χ1n) is 6.07. The Morgan fingerprint density at radius 3 is 2.06 bits per heavy atom. The highest BCUT2D eigenvalue weighted by atomic mass is 16.4. The molecule has 4 heteroatoms. The summed E-state index contributed by atoms with van der Waals surface area (Å²) < 4.78 is 0. The third-order valence-corrected chi connectivity index (χ3v) is 2.81. The van der Waals surface area contributed by atoms with Crippen LogP contribution in [-0.2, 0) is 9.59 Å². The normalized spacial score (nSPS) is 12.2. The van der Waals surface area contributed by atoms with E-state index in [0.29, 0.717) is 11.5 Å². The molecule has 18 heavy (non-hydrogen) atoms. The van der Waals surface area contributed by atoms with E-state index in [2.05, 4.69) is 19.2 Å². The fourth-order valence-electron chi connectivity index (χ4n) is 1.62. The average molecular weight is 249 g/mol. The lowest BCUT2D eigenvalue weighted by molar-refractivity contribution is -0.142. The van der Waals surface area contributed by atoms with Crippen molar-refractivity contribution in [1.29, 1.82) is 0 Å². The molecule has 0 spiro atoms. The van der Waals surface area contributed by atoms with Crippen molar-refractivity contribution in [3.05, 3.63) is 35.4 Å². The van der Waals surface area contributed by atoms with Crippen LogP contribution >= 0.6 is 0 Å². The van der Waals surface area contributed by atoms with Crippen LogP contribution in [0.25, 0.3) is 0 Å². The van der Waals surface area contributed by atoms with Gasteiger partial charge in [0.05, 0.1) is 0 Å². The Morgan fingerprint density at radius 2 is 1.67 bits per heavy atom. The second kappa shape index (κ2) is 6.19. The van der Waals surface area contributed by atoms with E-state index in [9.17, 15) is 9.59 Å². The predicted molar refractivity (Wildman–Crippen MR) is 69.3 cm³/mol. The minimum atomic E-state index is -1.05. The largest absolute Gasteiger partial charge is 0.479 e. The topological polar surface area (TPSA) is 66.4 Å². The SMILES string of the molecule is CCC(=O)NC(C(=O)O)c1ccc(C(C)C)cc1. The van der Waals surface area contributed by atoms with E-state index in [0.717, 1.165) is 5.56 Å². The first-order chi connectivity index (χ1) is 8.45. The summed E-state index contributed by atoms with van der Waals surface area (Å²) in [5.74, 6) is -0.919.